The van der Waals surface area contributed by atoms with E-state index < -0.39 is 0 Å². The molecule has 106 valence electrons. The third kappa shape index (κ3) is 5.91. The number of esters is 1. The molecule has 0 radical (unpaired) electrons. The molecule has 0 aliphatic heterocycles. The van der Waals surface area contributed by atoms with Gasteiger partial charge in [0.1, 0.15) is 6.10 Å². The minimum atomic E-state index is -0.209. The molecule has 1 aliphatic carbocycles. The van der Waals surface area contributed by atoms with Crippen LogP contribution in [0.2, 0.25) is 0 Å². The van der Waals surface area contributed by atoms with Crippen molar-refractivity contribution in [1.82, 2.24) is 0 Å². The molecule has 0 aromatic carbocycles. The summed E-state index contributed by atoms with van der Waals surface area (Å²) in [5.41, 5.74) is 5.54. The smallest absolute Gasteiger partial charge is 0.303 e. The number of carbonyl (C=O) groups excluding carboxylic acids is 1. The minimum Gasteiger partial charge on any atom is -0.458 e. The van der Waals surface area contributed by atoms with Gasteiger partial charge < -0.3 is 4.74 Å². The molecule has 19 heavy (non-hydrogen) atoms. The summed E-state index contributed by atoms with van der Waals surface area (Å²) in [5.74, 6) is -0.209. The molecule has 1 rings (SSSR count). The second kappa shape index (κ2) is 7.32. The van der Waals surface area contributed by atoms with E-state index >= 15 is 0 Å². The first-order valence-electron chi connectivity index (χ1n) is 7.04. The van der Waals surface area contributed by atoms with Crippen molar-refractivity contribution in [3.8, 4) is 0 Å². The molecule has 0 saturated heterocycles. The number of hydrogen-bond donors (Lipinski definition) is 0. The fourth-order valence-corrected chi connectivity index (χ4v) is 2.40. The summed E-state index contributed by atoms with van der Waals surface area (Å²) in [6.07, 6.45) is 8.40. The number of carbonyl (C=O) groups is 1. The molecule has 0 heterocycles. The average molecular weight is 262 g/mol. The first-order valence-corrected chi connectivity index (χ1v) is 7.04. The molecule has 1 aliphatic rings. The predicted molar refractivity (Wildman–Crippen MR) is 79.9 cm³/mol. The highest BCUT2D eigenvalue weighted by atomic mass is 16.5. The lowest BCUT2D eigenvalue weighted by Gasteiger charge is -2.19. The van der Waals surface area contributed by atoms with Crippen LogP contribution in [-0.2, 0) is 9.53 Å². The summed E-state index contributed by atoms with van der Waals surface area (Å²) in [4.78, 5) is 11.2. The zero-order valence-electron chi connectivity index (χ0n) is 12.9. The fraction of sp³-hybridized carbons (Fsp3) is 0.588. The normalized spacial score (nSPS) is 19.3. The largest absolute Gasteiger partial charge is 0.458 e. The summed E-state index contributed by atoms with van der Waals surface area (Å²) >= 11 is 0. The van der Waals surface area contributed by atoms with E-state index in [1.54, 1.807) is 0 Å². The Kier molecular flexibility index (Phi) is 6.07. The van der Waals surface area contributed by atoms with Gasteiger partial charge in [-0.25, -0.2) is 0 Å². The van der Waals surface area contributed by atoms with Crippen LogP contribution in [0.4, 0.5) is 0 Å². The van der Waals surface area contributed by atoms with Gasteiger partial charge in [-0.1, -0.05) is 28.4 Å². The van der Waals surface area contributed by atoms with Gasteiger partial charge in [-0.2, -0.15) is 0 Å². The average Bonchev–Trinajstić information content (AvgIpc) is 2.27. The van der Waals surface area contributed by atoms with Gasteiger partial charge in [0.15, 0.2) is 0 Å². The highest BCUT2D eigenvalue weighted by Crippen LogP contribution is 2.27. The summed E-state index contributed by atoms with van der Waals surface area (Å²) in [7, 11) is 0. The van der Waals surface area contributed by atoms with Gasteiger partial charge in [-0.05, 0) is 53.0 Å². The zero-order valence-corrected chi connectivity index (χ0v) is 12.9. The van der Waals surface area contributed by atoms with Crippen LogP contribution in [0.25, 0.3) is 0 Å². The lowest BCUT2D eigenvalue weighted by molar-refractivity contribution is -0.144. The highest BCUT2D eigenvalue weighted by Gasteiger charge is 2.14. The SMILES string of the molecule is CC(=O)O[C@H](C=C(C)C)C/C(C)=C1/CC=C(C)CC1. The Morgan fingerprint density at radius 2 is 2.00 bits per heavy atom. The van der Waals surface area contributed by atoms with Gasteiger partial charge >= 0.3 is 5.97 Å². The summed E-state index contributed by atoms with van der Waals surface area (Å²) in [5, 5.41) is 0. The van der Waals surface area contributed by atoms with E-state index in [1.807, 2.05) is 19.9 Å². The molecule has 0 spiro atoms. The van der Waals surface area contributed by atoms with Gasteiger partial charge in [-0.15, -0.1) is 0 Å². The van der Waals surface area contributed by atoms with Crippen LogP contribution in [0.15, 0.2) is 34.4 Å². The first-order chi connectivity index (χ1) is 8.88. The van der Waals surface area contributed by atoms with Gasteiger partial charge in [0, 0.05) is 13.3 Å². The maximum Gasteiger partial charge on any atom is 0.303 e. The fourth-order valence-electron chi connectivity index (χ4n) is 2.40. The van der Waals surface area contributed by atoms with E-state index in [2.05, 4.69) is 19.9 Å². The topological polar surface area (TPSA) is 26.3 Å². The minimum absolute atomic E-state index is 0.123. The standard InChI is InChI=1S/C17H26O2/c1-12(2)10-17(19-15(5)18)11-14(4)16-8-6-13(3)7-9-16/h6,10,17H,7-9,11H2,1-5H3/b16-14-/t17-/m1/s1. The van der Waals surface area contributed by atoms with Crippen molar-refractivity contribution in [1.29, 1.82) is 0 Å². The second-order valence-electron chi connectivity index (χ2n) is 5.73. The van der Waals surface area contributed by atoms with Crippen LogP contribution in [0, 0.1) is 0 Å². The molecule has 0 N–H and O–H groups in total. The van der Waals surface area contributed by atoms with Crippen LogP contribution >= 0.6 is 0 Å². The number of ether oxygens (including phenoxy) is 1. The van der Waals surface area contributed by atoms with Crippen LogP contribution < -0.4 is 0 Å². The Bertz CT molecular complexity index is 421. The molecule has 0 saturated carbocycles. The predicted octanol–water partition coefficient (Wildman–Crippen LogP) is 4.72. The Morgan fingerprint density at radius 3 is 2.47 bits per heavy atom. The number of hydrogen-bond acceptors (Lipinski definition) is 2. The summed E-state index contributed by atoms with van der Waals surface area (Å²) < 4.78 is 5.38. The van der Waals surface area contributed by atoms with Crippen LogP contribution in [0.3, 0.4) is 0 Å². The van der Waals surface area contributed by atoms with Gasteiger partial charge in [0.25, 0.3) is 0 Å². The summed E-state index contributed by atoms with van der Waals surface area (Å²) in [6.45, 7) is 9.90. The Morgan fingerprint density at radius 1 is 1.32 bits per heavy atom. The van der Waals surface area contributed by atoms with E-state index in [-0.39, 0.29) is 12.1 Å². The van der Waals surface area contributed by atoms with Crippen LogP contribution in [-0.4, -0.2) is 12.1 Å². The molecule has 2 nitrogen and oxygen atoms in total. The van der Waals surface area contributed by atoms with Crippen molar-refractivity contribution in [2.24, 2.45) is 0 Å². The highest BCUT2D eigenvalue weighted by molar-refractivity contribution is 5.66. The van der Waals surface area contributed by atoms with E-state index in [1.165, 1.54) is 29.2 Å². The Balaban J connectivity index is 2.75. The molecule has 1 atom stereocenters. The van der Waals surface area contributed by atoms with Crippen LogP contribution in [0.1, 0.15) is 60.3 Å². The molecular formula is C17H26O2. The van der Waals surface area contributed by atoms with Crippen molar-refractivity contribution in [2.45, 2.75) is 66.4 Å². The lowest BCUT2D eigenvalue weighted by atomic mass is 9.90. The van der Waals surface area contributed by atoms with Crippen molar-refractivity contribution in [3.05, 3.63) is 34.4 Å². The summed E-state index contributed by atoms with van der Waals surface area (Å²) in [6, 6.07) is 0. The van der Waals surface area contributed by atoms with E-state index in [4.69, 9.17) is 4.74 Å². The quantitative estimate of drug-likeness (QED) is 0.541. The van der Waals surface area contributed by atoms with E-state index in [0.717, 1.165) is 25.7 Å². The molecule has 2 heteroatoms. The Hall–Kier alpha value is -1.31. The van der Waals surface area contributed by atoms with Crippen LogP contribution in [0.5, 0.6) is 0 Å². The zero-order chi connectivity index (χ0) is 14.4. The van der Waals surface area contributed by atoms with Gasteiger partial charge in [0.2, 0.25) is 0 Å². The molecular weight excluding hydrogens is 236 g/mol. The molecule has 0 fully saturated rings. The van der Waals surface area contributed by atoms with Crippen molar-refractivity contribution in [2.75, 3.05) is 0 Å². The van der Waals surface area contributed by atoms with Gasteiger partial charge in [-0.3, -0.25) is 4.79 Å². The van der Waals surface area contributed by atoms with E-state index in [9.17, 15) is 4.79 Å². The van der Waals surface area contributed by atoms with Crippen molar-refractivity contribution in [3.63, 3.8) is 0 Å². The third-order valence-corrected chi connectivity index (χ3v) is 3.47. The van der Waals surface area contributed by atoms with Crippen molar-refractivity contribution >= 4 is 5.97 Å². The molecule has 0 unspecified atom stereocenters. The molecule has 0 aromatic rings. The molecule has 0 amide bonds. The monoisotopic (exact) mass is 262 g/mol. The Labute approximate surface area is 117 Å². The number of rotatable bonds is 4. The number of allylic oxidation sites excluding steroid dienone is 4. The second-order valence-corrected chi connectivity index (χ2v) is 5.73. The maximum atomic E-state index is 11.2. The third-order valence-electron chi connectivity index (χ3n) is 3.47. The van der Waals surface area contributed by atoms with Gasteiger partial charge in [0.05, 0.1) is 0 Å². The first kappa shape index (κ1) is 15.7. The molecule has 0 aromatic heterocycles. The van der Waals surface area contributed by atoms with Crippen molar-refractivity contribution < 1.29 is 9.53 Å². The maximum absolute atomic E-state index is 11.2. The molecule has 0 bridgehead atoms. The van der Waals surface area contributed by atoms with E-state index in [0.29, 0.717) is 0 Å². The lowest BCUT2D eigenvalue weighted by Crippen LogP contribution is -2.15.